The van der Waals surface area contributed by atoms with E-state index in [1.54, 1.807) is 30.6 Å². The van der Waals surface area contributed by atoms with Gasteiger partial charge in [0, 0.05) is 31.1 Å². The second kappa shape index (κ2) is 8.16. The summed E-state index contributed by atoms with van der Waals surface area (Å²) in [6.07, 6.45) is 1.23. The van der Waals surface area contributed by atoms with E-state index < -0.39 is 0 Å². The van der Waals surface area contributed by atoms with Gasteiger partial charge >= 0.3 is 0 Å². The van der Waals surface area contributed by atoms with Gasteiger partial charge in [-0.15, -0.1) is 11.3 Å². The number of amides is 2. The minimum Gasteiger partial charge on any atom is -0.496 e. The summed E-state index contributed by atoms with van der Waals surface area (Å²) < 4.78 is 5.30. The van der Waals surface area contributed by atoms with Crippen molar-refractivity contribution in [1.82, 2.24) is 9.80 Å². The van der Waals surface area contributed by atoms with Crippen LogP contribution in [0.25, 0.3) is 0 Å². The van der Waals surface area contributed by atoms with Gasteiger partial charge in [-0.05, 0) is 30.0 Å². The third-order valence-corrected chi connectivity index (χ3v) is 5.26. The zero-order chi connectivity index (χ0) is 17.6. The Balaban J connectivity index is 1.63. The van der Waals surface area contributed by atoms with E-state index in [2.05, 4.69) is 0 Å². The molecule has 1 aliphatic heterocycles. The second-order valence-electron chi connectivity index (χ2n) is 5.98. The smallest absolute Gasteiger partial charge is 0.257 e. The molecule has 3 rings (SSSR count). The largest absolute Gasteiger partial charge is 0.496 e. The van der Waals surface area contributed by atoms with Crippen molar-refractivity contribution >= 4 is 23.2 Å². The van der Waals surface area contributed by atoms with Crippen molar-refractivity contribution in [3.63, 3.8) is 0 Å². The Hall–Kier alpha value is -2.34. The molecule has 0 atom stereocenters. The van der Waals surface area contributed by atoms with Gasteiger partial charge < -0.3 is 14.5 Å². The summed E-state index contributed by atoms with van der Waals surface area (Å²) in [7, 11) is 1.57. The molecule has 1 aromatic carbocycles. The van der Waals surface area contributed by atoms with E-state index in [1.807, 2.05) is 39.4 Å². The summed E-state index contributed by atoms with van der Waals surface area (Å²) in [5.74, 6) is 0.682. The first-order chi connectivity index (χ1) is 12.2. The SMILES string of the molecule is COc1ccccc1C(=O)N1CCCN(C(=O)Cc2cccs2)CC1. The van der Waals surface area contributed by atoms with Crippen molar-refractivity contribution in [2.24, 2.45) is 0 Å². The van der Waals surface area contributed by atoms with E-state index >= 15 is 0 Å². The highest BCUT2D eigenvalue weighted by molar-refractivity contribution is 7.10. The maximum atomic E-state index is 12.8. The minimum atomic E-state index is -0.0370. The van der Waals surface area contributed by atoms with Crippen molar-refractivity contribution in [2.45, 2.75) is 12.8 Å². The molecule has 2 aromatic rings. The molecule has 132 valence electrons. The Labute approximate surface area is 151 Å². The minimum absolute atomic E-state index is 0.0370. The topological polar surface area (TPSA) is 49.9 Å². The third-order valence-electron chi connectivity index (χ3n) is 4.38. The summed E-state index contributed by atoms with van der Waals surface area (Å²) >= 11 is 1.60. The molecular formula is C19H22N2O3S. The Morgan fingerprint density at radius 2 is 1.80 bits per heavy atom. The molecule has 0 radical (unpaired) electrons. The van der Waals surface area contributed by atoms with Gasteiger partial charge in [0.15, 0.2) is 0 Å². The Morgan fingerprint density at radius 3 is 2.56 bits per heavy atom. The molecule has 0 spiro atoms. The summed E-state index contributed by atoms with van der Waals surface area (Å²) in [6, 6.07) is 11.2. The van der Waals surface area contributed by atoms with Crippen molar-refractivity contribution in [2.75, 3.05) is 33.3 Å². The normalized spacial score (nSPS) is 14.9. The Bertz CT molecular complexity index is 730. The van der Waals surface area contributed by atoms with Gasteiger partial charge in [-0.25, -0.2) is 0 Å². The lowest BCUT2D eigenvalue weighted by Gasteiger charge is -2.22. The molecule has 2 heterocycles. The number of carbonyl (C=O) groups excluding carboxylic acids is 2. The first-order valence-corrected chi connectivity index (χ1v) is 9.29. The number of hydrogen-bond acceptors (Lipinski definition) is 4. The molecule has 5 nitrogen and oxygen atoms in total. The van der Waals surface area contributed by atoms with Crippen molar-refractivity contribution in [3.05, 3.63) is 52.2 Å². The predicted octanol–water partition coefficient (Wildman–Crippen LogP) is 2.67. The predicted molar refractivity (Wildman–Crippen MR) is 98.1 cm³/mol. The summed E-state index contributed by atoms with van der Waals surface area (Å²) in [6.45, 7) is 2.47. The van der Waals surface area contributed by atoms with Crippen LogP contribution in [-0.2, 0) is 11.2 Å². The zero-order valence-electron chi connectivity index (χ0n) is 14.3. The Morgan fingerprint density at radius 1 is 1.04 bits per heavy atom. The van der Waals surface area contributed by atoms with Crippen LogP contribution in [0.4, 0.5) is 0 Å². The molecule has 1 fully saturated rings. The number of rotatable bonds is 4. The van der Waals surface area contributed by atoms with E-state index in [4.69, 9.17) is 4.74 Å². The molecule has 1 saturated heterocycles. The molecule has 25 heavy (non-hydrogen) atoms. The van der Waals surface area contributed by atoms with Crippen LogP contribution < -0.4 is 4.74 Å². The van der Waals surface area contributed by atoms with Crippen LogP contribution in [0.5, 0.6) is 5.75 Å². The highest BCUT2D eigenvalue weighted by Crippen LogP contribution is 2.20. The molecule has 6 heteroatoms. The van der Waals surface area contributed by atoms with E-state index in [0.717, 1.165) is 11.3 Å². The van der Waals surface area contributed by atoms with Gasteiger partial charge in [-0.3, -0.25) is 9.59 Å². The van der Waals surface area contributed by atoms with E-state index in [1.165, 1.54) is 0 Å². The van der Waals surface area contributed by atoms with Gasteiger partial charge in [0.1, 0.15) is 5.75 Å². The first kappa shape index (κ1) is 17.5. The van der Waals surface area contributed by atoms with Gasteiger partial charge in [0.25, 0.3) is 5.91 Å². The van der Waals surface area contributed by atoms with Crippen LogP contribution in [0, 0.1) is 0 Å². The number of hydrogen-bond donors (Lipinski definition) is 0. The fraction of sp³-hybridized carbons (Fsp3) is 0.368. The molecule has 2 amide bonds. The average Bonchev–Trinajstić information content (AvgIpc) is 3.02. The molecule has 0 unspecified atom stereocenters. The lowest BCUT2D eigenvalue weighted by molar-refractivity contribution is -0.130. The highest BCUT2D eigenvalue weighted by Gasteiger charge is 2.24. The van der Waals surface area contributed by atoms with Gasteiger partial charge in [0.05, 0.1) is 19.1 Å². The van der Waals surface area contributed by atoms with Crippen LogP contribution in [-0.4, -0.2) is 54.9 Å². The molecular weight excluding hydrogens is 336 g/mol. The van der Waals surface area contributed by atoms with E-state index in [0.29, 0.717) is 43.9 Å². The van der Waals surface area contributed by atoms with Crippen LogP contribution in [0.3, 0.4) is 0 Å². The summed E-state index contributed by atoms with van der Waals surface area (Å²) in [5.41, 5.74) is 0.573. The number of thiophene rings is 1. The fourth-order valence-corrected chi connectivity index (χ4v) is 3.73. The third kappa shape index (κ3) is 4.20. The van der Waals surface area contributed by atoms with Crippen molar-refractivity contribution in [3.8, 4) is 5.75 Å². The fourth-order valence-electron chi connectivity index (χ4n) is 3.04. The maximum Gasteiger partial charge on any atom is 0.257 e. The number of nitrogens with zero attached hydrogens (tertiary/aromatic N) is 2. The van der Waals surface area contributed by atoms with Crippen LogP contribution >= 0.6 is 11.3 Å². The number of benzene rings is 1. The molecule has 1 aliphatic rings. The maximum absolute atomic E-state index is 12.8. The van der Waals surface area contributed by atoms with Gasteiger partial charge in [0.2, 0.25) is 5.91 Å². The second-order valence-corrected chi connectivity index (χ2v) is 7.02. The molecule has 1 aromatic heterocycles. The van der Waals surface area contributed by atoms with Crippen molar-refractivity contribution in [1.29, 1.82) is 0 Å². The molecule has 0 saturated carbocycles. The monoisotopic (exact) mass is 358 g/mol. The van der Waals surface area contributed by atoms with Crippen molar-refractivity contribution < 1.29 is 14.3 Å². The summed E-state index contributed by atoms with van der Waals surface area (Å²) in [5, 5.41) is 1.98. The first-order valence-electron chi connectivity index (χ1n) is 8.41. The van der Waals surface area contributed by atoms with Crippen LogP contribution in [0.15, 0.2) is 41.8 Å². The lowest BCUT2D eigenvalue weighted by Crippen LogP contribution is -2.38. The quantitative estimate of drug-likeness (QED) is 0.844. The number of methoxy groups -OCH3 is 1. The van der Waals surface area contributed by atoms with Crippen LogP contribution in [0.2, 0.25) is 0 Å². The van der Waals surface area contributed by atoms with E-state index in [-0.39, 0.29) is 11.8 Å². The lowest BCUT2D eigenvalue weighted by atomic mass is 10.1. The molecule has 0 N–H and O–H groups in total. The Kier molecular flexibility index (Phi) is 5.71. The number of ether oxygens (including phenoxy) is 1. The zero-order valence-corrected chi connectivity index (χ0v) is 15.1. The number of para-hydroxylation sites is 1. The standard InChI is InChI=1S/C19H22N2O3S/c1-24-17-8-3-2-7-16(17)19(23)21-10-5-9-20(11-12-21)18(22)14-15-6-4-13-25-15/h2-4,6-8,13H,5,9-12,14H2,1H3. The van der Waals surface area contributed by atoms with Gasteiger partial charge in [-0.1, -0.05) is 18.2 Å². The summed E-state index contributed by atoms with van der Waals surface area (Å²) in [4.78, 5) is 30.0. The molecule has 0 aliphatic carbocycles. The van der Waals surface area contributed by atoms with Gasteiger partial charge in [-0.2, -0.15) is 0 Å². The molecule has 0 bridgehead atoms. The average molecular weight is 358 g/mol. The highest BCUT2D eigenvalue weighted by atomic mass is 32.1. The van der Waals surface area contributed by atoms with E-state index in [9.17, 15) is 9.59 Å². The van der Waals surface area contributed by atoms with Crippen LogP contribution in [0.1, 0.15) is 21.7 Å². The number of carbonyl (C=O) groups is 2.